The molecular weight excluding hydrogens is 306 g/mol. The van der Waals surface area contributed by atoms with Crippen LogP contribution in [0.15, 0.2) is 22.8 Å². The third-order valence-corrected chi connectivity index (χ3v) is 4.97. The quantitative estimate of drug-likeness (QED) is 0.868. The summed E-state index contributed by atoms with van der Waals surface area (Å²) in [6, 6.07) is 4.17. The fraction of sp³-hybridized carbons (Fsp3) is 0.722. The Bertz CT molecular complexity index is 478. The van der Waals surface area contributed by atoms with Gasteiger partial charge in [0.05, 0.1) is 12.3 Å². The average molecular weight is 335 g/mol. The molecule has 2 saturated heterocycles. The Morgan fingerprint density at radius 1 is 1.21 bits per heavy atom. The summed E-state index contributed by atoms with van der Waals surface area (Å²) >= 11 is 0. The molecule has 24 heavy (non-hydrogen) atoms. The van der Waals surface area contributed by atoms with E-state index in [1.165, 1.54) is 25.7 Å². The number of nitrogens with zero attached hydrogens (tertiary/aromatic N) is 1. The summed E-state index contributed by atoms with van der Waals surface area (Å²) < 4.78 is 11.0. The Labute approximate surface area is 143 Å². The van der Waals surface area contributed by atoms with Crippen LogP contribution in [0.5, 0.6) is 0 Å². The number of carbonyl (C=O) groups excluding carboxylic acids is 1. The lowest BCUT2D eigenvalue weighted by Crippen LogP contribution is -2.47. The summed E-state index contributed by atoms with van der Waals surface area (Å²) in [5.74, 6) is 0.934. The summed E-state index contributed by atoms with van der Waals surface area (Å²) in [6.07, 6.45) is 8.50. The number of hydrogen-bond donors (Lipinski definition) is 2. The standard InChI is InChI=1S/C18H29N3O3/c22-18(20-15-7-12-23-13-8-15)19-14-16(17-6-5-11-24-17)21-9-3-1-2-4-10-21/h5-6,11,15-16H,1-4,7-10,12-14H2,(H2,19,20,22). The SMILES string of the molecule is O=C(NCC(c1ccco1)N1CCCCCC1)NC1CCOCC1. The van der Waals surface area contributed by atoms with Crippen LogP contribution >= 0.6 is 0 Å². The summed E-state index contributed by atoms with van der Waals surface area (Å²) in [6.45, 7) is 4.16. The van der Waals surface area contributed by atoms with Crippen molar-refractivity contribution in [1.82, 2.24) is 15.5 Å². The molecule has 2 amide bonds. The van der Waals surface area contributed by atoms with Crippen molar-refractivity contribution in [3.05, 3.63) is 24.2 Å². The maximum atomic E-state index is 12.2. The molecule has 6 heteroatoms. The summed E-state index contributed by atoms with van der Waals surface area (Å²) in [7, 11) is 0. The fourth-order valence-electron chi connectivity index (χ4n) is 3.57. The Kier molecular flexibility index (Phi) is 6.55. The summed E-state index contributed by atoms with van der Waals surface area (Å²) in [4.78, 5) is 14.7. The van der Waals surface area contributed by atoms with Gasteiger partial charge in [-0.25, -0.2) is 4.79 Å². The minimum atomic E-state index is -0.0896. The molecular formula is C18H29N3O3. The van der Waals surface area contributed by atoms with E-state index in [9.17, 15) is 4.79 Å². The lowest BCUT2D eigenvalue weighted by molar-refractivity contribution is 0.0799. The molecule has 0 radical (unpaired) electrons. The van der Waals surface area contributed by atoms with Gasteiger partial charge in [0.2, 0.25) is 0 Å². The smallest absolute Gasteiger partial charge is 0.315 e. The Morgan fingerprint density at radius 2 is 1.96 bits per heavy atom. The molecule has 2 aliphatic heterocycles. The number of ether oxygens (including phenoxy) is 1. The van der Waals surface area contributed by atoms with E-state index in [1.54, 1.807) is 6.26 Å². The second kappa shape index (κ2) is 9.08. The van der Waals surface area contributed by atoms with E-state index in [-0.39, 0.29) is 18.1 Å². The molecule has 3 rings (SSSR count). The molecule has 0 saturated carbocycles. The topological polar surface area (TPSA) is 66.7 Å². The number of rotatable bonds is 5. The Hall–Kier alpha value is -1.53. The van der Waals surface area contributed by atoms with Crippen molar-refractivity contribution < 1.29 is 13.9 Å². The molecule has 2 aliphatic rings. The average Bonchev–Trinajstić information content (AvgIpc) is 2.99. The number of nitrogens with one attached hydrogen (secondary N) is 2. The van der Waals surface area contributed by atoms with Gasteiger partial charge in [0.1, 0.15) is 5.76 Å². The van der Waals surface area contributed by atoms with E-state index < -0.39 is 0 Å². The maximum absolute atomic E-state index is 12.2. The number of amides is 2. The fourth-order valence-corrected chi connectivity index (χ4v) is 3.57. The first kappa shape index (κ1) is 17.3. The molecule has 2 fully saturated rings. The van der Waals surface area contributed by atoms with Gasteiger partial charge >= 0.3 is 6.03 Å². The molecule has 1 aromatic heterocycles. The van der Waals surface area contributed by atoms with Crippen molar-refractivity contribution in [3.63, 3.8) is 0 Å². The van der Waals surface area contributed by atoms with Gasteiger partial charge in [-0.3, -0.25) is 4.90 Å². The molecule has 1 atom stereocenters. The van der Waals surface area contributed by atoms with Crippen LogP contribution < -0.4 is 10.6 Å². The zero-order valence-corrected chi connectivity index (χ0v) is 14.3. The van der Waals surface area contributed by atoms with Gasteiger partial charge in [0.15, 0.2) is 0 Å². The second-order valence-corrected chi connectivity index (χ2v) is 6.72. The van der Waals surface area contributed by atoms with Gasteiger partial charge in [-0.15, -0.1) is 0 Å². The number of urea groups is 1. The van der Waals surface area contributed by atoms with Crippen LogP contribution in [0.1, 0.15) is 50.3 Å². The van der Waals surface area contributed by atoms with Crippen molar-refractivity contribution in [2.75, 3.05) is 32.8 Å². The maximum Gasteiger partial charge on any atom is 0.315 e. The first-order chi connectivity index (χ1) is 11.8. The Balaban J connectivity index is 1.54. The molecule has 0 bridgehead atoms. The molecule has 0 aliphatic carbocycles. The van der Waals surface area contributed by atoms with E-state index in [4.69, 9.17) is 9.15 Å². The Morgan fingerprint density at radius 3 is 2.62 bits per heavy atom. The van der Waals surface area contributed by atoms with E-state index in [1.807, 2.05) is 12.1 Å². The first-order valence-electron chi connectivity index (χ1n) is 9.22. The van der Waals surface area contributed by atoms with Crippen molar-refractivity contribution in [2.24, 2.45) is 0 Å². The van der Waals surface area contributed by atoms with Crippen molar-refractivity contribution in [2.45, 2.75) is 50.6 Å². The molecule has 1 unspecified atom stereocenters. The zero-order valence-electron chi connectivity index (χ0n) is 14.3. The predicted molar refractivity (Wildman–Crippen MR) is 91.9 cm³/mol. The van der Waals surface area contributed by atoms with Gasteiger partial charge in [0, 0.05) is 25.8 Å². The van der Waals surface area contributed by atoms with Crippen LogP contribution in [0.2, 0.25) is 0 Å². The lowest BCUT2D eigenvalue weighted by Gasteiger charge is -2.30. The van der Waals surface area contributed by atoms with Gasteiger partial charge in [-0.1, -0.05) is 12.8 Å². The third kappa shape index (κ3) is 4.98. The minimum absolute atomic E-state index is 0.0896. The van der Waals surface area contributed by atoms with Crippen LogP contribution in [-0.4, -0.2) is 49.8 Å². The molecule has 3 heterocycles. The predicted octanol–water partition coefficient (Wildman–Crippen LogP) is 2.67. The number of carbonyl (C=O) groups is 1. The van der Waals surface area contributed by atoms with E-state index in [0.717, 1.165) is 44.9 Å². The summed E-state index contributed by atoms with van der Waals surface area (Å²) in [5.41, 5.74) is 0. The van der Waals surface area contributed by atoms with E-state index >= 15 is 0 Å². The van der Waals surface area contributed by atoms with E-state index in [0.29, 0.717) is 6.54 Å². The van der Waals surface area contributed by atoms with Crippen molar-refractivity contribution in [3.8, 4) is 0 Å². The molecule has 2 N–H and O–H groups in total. The molecule has 0 spiro atoms. The second-order valence-electron chi connectivity index (χ2n) is 6.72. The van der Waals surface area contributed by atoms with Gasteiger partial charge < -0.3 is 19.8 Å². The summed E-state index contributed by atoms with van der Waals surface area (Å²) in [5, 5.41) is 6.10. The van der Waals surface area contributed by atoms with Gasteiger partial charge in [-0.2, -0.15) is 0 Å². The van der Waals surface area contributed by atoms with Crippen LogP contribution in [0.4, 0.5) is 4.79 Å². The van der Waals surface area contributed by atoms with Crippen LogP contribution in [0, 0.1) is 0 Å². The van der Waals surface area contributed by atoms with Crippen molar-refractivity contribution >= 4 is 6.03 Å². The highest BCUT2D eigenvalue weighted by Crippen LogP contribution is 2.24. The first-order valence-corrected chi connectivity index (χ1v) is 9.22. The van der Waals surface area contributed by atoms with Crippen molar-refractivity contribution in [1.29, 1.82) is 0 Å². The van der Waals surface area contributed by atoms with Crippen LogP contribution in [0.3, 0.4) is 0 Å². The number of furan rings is 1. The zero-order chi connectivity index (χ0) is 16.6. The van der Waals surface area contributed by atoms with E-state index in [2.05, 4.69) is 15.5 Å². The van der Waals surface area contributed by atoms with Crippen LogP contribution in [-0.2, 0) is 4.74 Å². The van der Waals surface area contributed by atoms with Gasteiger partial charge in [-0.05, 0) is 50.9 Å². The largest absolute Gasteiger partial charge is 0.468 e. The highest BCUT2D eigenvalue weighted by Gasteiger charge is 2.25. The van der Waals surface area contributed by atoms with Crippen LogP contribution in [0.25, 0.3) is 0 Å². The molecule has 1 aromatic rings. The monoisotopic (exact) mass is 335 g/mol. The van der Waals surface area contributed by atoms with Gasteiger partial charge in [0.25, 0.3) is 0 Å². The molecule has 6 nitrogen and oxygen atoms in total. The number of likely N-dealkylation sites (tertiary alicyclic amines) is 1. The third-order valence-electron chi connectivity index (χ3n) is 4.97. The lowest BCUT2D eigenvalue weighted by atomic mass is 10.1. The number of hydrogen-bond acceptors (Lipinski definition) is 4. The minimum Gasteiger partial charge on any atom is -0.468 e. The highest BCUT2D eigenvalue weighted by molar-refractivity contribution is 5.74. The highest BCUT2D eigenvalue weighted by atomic mass is 16.5. The molecule has 0 aromatic carbocycles. The normalized spacial score (nSPS) is 21.8. The molecule has 134 valence electrons.